The number of alkyl halides is 3. The standard InChI is InChI=1S/C30H41F3N8O3/c1-19-14-35-37(5)26(19)20-6-8-38(9-7-20)25-12-24(23(13-34)27(36-25)30(31,32)33)40-15-21(16-40)41-11-10-39(17-22(41)18-42)28(43)44-29(2,3)4/h12,14,20-22,42H,6-11,15-18H2,1-5H3/t22-/m0/s1. The molecule has 0 unspecified atom stereocenters. The molecule has 3 saturated heterocycles. The van der Waals surface area contributed by atoms with Gasteiger partial charge in [0.1, 0.15) is 23.1 Å². The fourth-order valence-corrected chi connectivity index (χ4v) is 6.64. The highest BCUT2D eigenvalue weighted by Gasteiger charge is 2.43. The molecular formula is C30H41F3N8O3. The number of rotatable bonds is 5. The second-order valence-electron chi connectivity index (χ2n) is 13.0. The van der Waals surface area contributed by atoms with Crippen molar-refractivity contribution >= 4 is 17.6 Å². The van der Waals surface area contributed by atoms with Gasteiger partial charge in [-0.15, -0.1) is 0 Å². The number of aliphatic hydroxyl groups is 1. The predicted molar refractivity (Wildman–Crippen MR) is 157 cm³/mol. The Morgan fingerprint density at radius 3 is 2.34 bits per heavy atom. The summed E-state index contributed by atoms with van der Waals surface area (Å²) < 4.78 is 50.0. The number of nitriles is 1. The highest BCUT2D eigenvalue weighted by atomic mass is 19.4. The molecule has 240 valence electrons. The summed E-state index contributed by atoms with van der Waals surface area (Å²) in [5.41, 5.74) is 0.190. The molecule has 3 aliphatic rings. The van der Waals surface area contributed by atoms with Crippen molar-refractivity contribution in [1.29, 1.82) is 5.26 Å². The Morgan fingerprint density at radius 2 is 1.80 bits per heavy atom. The summed E-state index contributed by atoms with van der Waals surface area (Å²) >= 11 is 0. The zero-order valence-corrected chi connectivity index (χ0v) is 25.9. The van der Waals surface area contributed by atoms with Gasteiger partial charge in [-0.1, -0.05) is 0 Å². The van der Waals surface area contributed by atoms with Gasteiger partial charge >= 0.3 is 12.3 Å². The molecule has 1 N–H and O–H groups in total. The smallest absolute Gasteiger partial charge is 0.434 e. The van der Waals surface area contributed by atoms with Crippen molar-refractivity contribution in [2.24, 2.45) is 7.05 Å². The van der Waals surface area contributed by atoms with Crippen molar-refractivity contribution in [3.63, 3.8) is 0 Å². The molecule has 0 aliphatic carbocycles. The van der Waals surface area contributed by atoms with Crippen molar-refractivity contribution in [3.05, 3.63) is 34.8 Å². The van der Waals surface area contributed by atoms with Crippen molar-refractivity contribution in [1.82, 2.24) is 24.6 Å². The van der Waals surface area contributed by atoms with Crippen molar-refractivity contribution in [3.8, 4) is 6.07 Å². The highest BCUT2D eigenvalue weighted by Crippen LogP contribution is 2.40. The minimum Gasteiger partial charge on any atom is -0.444 e. The Balaban J connectivity index is 1.31. The van der Waals surface area contributed by atoms with Crippen LogP contribution in [0.4, 0.5) is 29.5 Å². The van der Waals surface area contributed by atoms with Gasteiger partial charge in [-0.2, -0.15) is 23.5 Å². The molecule has 5 heterocycles. The Kier molecular flexibility index (Phi) is 8.74. The van der Waals surface area contributed by atoms with Crippen LogP contribution in [0.3, 0.4) is 0 Å². The highest BCUT2D eigenvalue weighted by molar-refractivity contribution is 5.69. The third-order valence-corrected chi connectivity index (χ3v) is 8.81. The summed E-state index contributed by atoms with van der Waals surface area (Å²) in [5, 5.41) is 24.3. The maximum Gasteiger partial charge on any atom is 0.434 e. The zero-order chi connectivity index (χ0) is 32.0. The number of piperidine rings is 1. The molecule has 0 saturated carbocycles. The summed E-state index contributed by atoms with van der Waals surface area (Å²) in [6.45, 7) is 10.3. The quantitative estimate of drug-likeness (QED) is 0.538. The average molecular weight is 619 g/mol. The number of pyridine rings is 1. The van der Waals surface area contributed by atoms with E-state index in [2.05, 4.69) is 15.0 Å². The first-order valence-corrected chi connectivity index (χ1v) is 15.1. The molecule has 5 rings (SSSR count). The molecule has 11 nitrogen and oxygen atoms in total. The molecule has 0 bridgehead atoms. The molecular weight excluding hydrogens is 577 g/mol. The number of carbonyl (C=O) groups is 1. The number of aliphatic hydroxyl groups excluding tert-OH is 1. The maximum atomic E-state index is 14.2. The van der Waals surface area contributed by atoms with Crippen LogP contribution in [0.2, 0.25) is 0 Å². The molecule has 0 radical (unpaired) electrons. The van der Waals surface area contributed by atoms with Crippen molar-refractivity contribution < 1.29 is 27.8 Å². The molecule has 1 amide bonds. The van der Waals surface area contributed by atoms with E-state index < -0.39 is 29.1 Å². The number of aromatic nitrogens is 3. The van der Waals surface area contributed by atoms with E-state index in [1.807, 2.05) is 29.7 Å². The van der Waals surface area contributed by atoms with Crippen LogP contribution < -0.4 is 9.80 Å². The number of anilines is 2. The molecule has 3 aliphatic heterocycles. The SMILES string of the molecule is Cc1cnn(C)c1C1CCN(c2cc(N3CC(N4CCN(C(=O)OC(C)(C)C)C[C@H]4CO)C3)c(C#N)c(C(F)(F)F)n2)CC1. The largest absolute Gasteiger partial charge is 0.444 e. The third-order valence-electron chi connectivity index (χ3n) is 8.81. The summed E-state index contributed by atoms with van der Waals surface area (Å²) in [4.78, 5) is 23.9. The van der Waals surface area contributed by atoms with E-state index in [1.165, 1.54) is 0 Å². The number of hydrogen-bond donors (Lipinski definition) is 1. The molecule has 44 heavy (non-hydrogen) atoms. The molecule has 2 aromatic rings. The van der Waals surface area contributed by atoms with E-state index in [4.69, 9.17) is 4.74 Å². The van der Waals surface area contributed by atoms with Gasteiger partial charge in [-0.25, -0.2) is 9.78 Å². The number of carbonyl (C=O) groups excluding carboxylic acids is 1. The molecule has 14 heteroatoms. The lowest BCUT2D eigenvalue weighted by Crippen LogP contribution is -2.67. The minimum atomic E-state index is -4.79. The number of piperazine rings is 1. The van der Waals surface area contributed by atoms with Gasteiger partial charge in [0.15, 0.2) is 5.69 Å². The van der Waals surface area contributed by atoms with E-state index in [0.717, 1.165) is 24.1 Å². The average Bonchev–Trinajstić information content (AvgIpc) is 3.28. The number of ether oxygens (including phenoxy) is 1. The van der Waals surface area contributed by atoms with Gasteiger partial charge < -0.3 is 24.5 Å². The third kappa shape index (κ3) is 6.44. The monoisotopic (exact) mass is 618 g/mol. The number of aryl methyl sites for hydroxylation is 2. The second kappa shape index (κ2) is 12.1. The number of amides is 1. The molecule has 1 atom stereocenters. The Morgan fingerprint density at radius 1 is 1.11 bits per heavy atom. The summed E-state index contributed by atoms with van der Waals surface area (Å²) in [6.07, 6.45) is -1.89. The van der Waals surface area contributed by atoms with Crippen LogP contribution in [0.5, 0.6) is 0 Å². The molecule has 3 fully saturated rings. The van der Waals surface area contributed by atoms with Crippen LogP contribution in [-0.2, 0) is 18.0 Å². The van der Waals surface area contributed by atoms with Crippen LogP contribution in [-0.4, -0.2) is 106 Å². The van der Waals surface area contributed by atoms with E-state index >= 15 is 0 Å². The van der Waals surface area contributed by atoms with Gasteiger partial charge in [0.05, 0.1) is 24.5 Å². The van der Waals surface area contributed by atoms with Gasteiger partial charge in [0, 0.05) is 76.6 Å². The lowest BCUT2D eigenvalue weighted by molar-refractivity contribution is -0.141. The first-order valence-electron chi connectivity index (χ1n) is 15.1. The van der Waals surface area contributed by atoms with Gasteiger partial charge in [-0.3, -0.25) is 9.58 Å². The Bertz CT molecular complexity index is 1380. The first-order chi connectivity index (χ1) is 20.7. The van der Waals surface area contributed by atoms with E-state index in [-0.39, 0.29) is 42.7 Å². The van der Waals surface area contributed by atoms with E-state index in [1.54, 1.807) is 42.7 Å². The lowest BCUT2D eigenvalue weighted by atomic mass is 9.91. The van der Waals surface area contributed by atoms with E-state index in [9.17, 15) is 28.3 Å². The van der Waals surface area contributed by atoms with Gasteiger partial charge in [-0.05, 0) is 46.1 Å². The predicted octanol–water partition coefficient (Wildman–Crippen LogP) is 3.50. The Hall–Kier alpha value is -3.57. The zero-order valence-electron chi connectivity index (χ0n) is 25.9. The fraction of sp³-hybridized carbons (Fsp3) is 0.667. The summed E-state index contributed by atoms with van der Waals surface area (Å²) in [6, 6.07) is 3.01. The first kappa shape index (κ1) is 31.8. The normalized spacial score (nSPS) is 20.9. The topological polar surface area (TPSA) is 114 Å². The number of nitrogens with zero attached hydrogens (tertiary/aromatic N) is 8. The van der Waals surface area contributed by atoms with Crippen molar-refractivity contribution in [2.45, 2.75) is 70.3 Å². The van der Waals surface area contributed by atoms with Crippen LogP contribution in [0.25, 0.3) is 0 Å². The lowest BCUT2D eigenvalue weighted by Gasteiger charge is -2.52. The maximum absolute atomic E-state index is 14.2. The van der Waals surface area contributed by atoms with Gasteiger partial charge in [0.2, 0.25) is 0 Å². The van der Waals surface area contributed by atoms with Crippen LogP contribution in [0, 0.1) is 18.3 Å². The van der Waals surface area contributed by atoms with Crippen LogP contribution >= 0.6 is 0 Å². The van der Waals surface area contributed by atoms with Gasteiger partial charge in [0.25, 0.3) is 0 Å². The van der Waals surface area contributed by atoms with Crippen LogP contribution in [0.1, 0.15) is 62.0 Å². The van der Waals surface area contributed by atoms with Crippen molar-refractivity contribution in [2.75, 3.05) is 62.2 Å². The summed E-state index contributed by atoms with van der Waals surface area (Å²) in [7, 11) is 1.91. The fourth-order valence-electron chi connectivity index (χ4n) is 6.64. The number of hydrogen-bond acceptors (Lipinski definition) is 9. The second-order valence-corrected chi connectivity index (χ2v) is 13.0. The summed E-state index contributed by atoms with van der Waals surface area (Å²) in [5.74, 6) is 0.472. The molecule has 2 aromatic heterocycles. The van der Waals surface area contributed by atoms with Crippen LogP contribution in [0.15, 0.2) is 12.3 Å². The molecule has 0 spiro atoms. The Labute approximate surface area is 255 Å². The minimum absolute atomic E-state index is 0.0525. The molecule has 0 aromatic carbocycles. The van der Waals surface area contributed by atoms with E-state index in [0.29, 0.717) is 39.3 Å². The number of halogens is 3.